The Morgan fingerprint density at radius 2 is 1.88 bits per heavy atom. The quantitative estimate of drug-likeness (QED) is 0.800. The van der Waals surface area contributed by atoms with Gasteiger partial charge in [0.05, 0.1) is 0 Å². The van der Waals surface area contributed by atoms with Gasteiger partial charge in [0.25, 0.3) is 0 Å². The number of nitrogens with two attached hydrogens (primary N) is 1. The molecule has 0 aromatic heterocycles. The number of hydrogen-bond acceptors (Lipinski definition) is 2. The van der Waals surface area contributed by atoms with Gasteiger partial charge in [-0.2, -0.15) is 0 Å². The third kappa shape index (κ3) is 5.73. The molecule has 3 nitrogen and oxygen atoms in total. The fourth-order valence-electron chi connectivity index (χ4n) is 2.66. The van der Waals surface area contributed by atoms with Crippen molar-refractivity contribution in [3.05, 3.63) is 0 Å². The smallest absolute Gasteiger partial charge is 0.221 e. The largest absolute Gasteiger partial charge is 0.353 e. The van der Waals surface area contributed by atoms with Crippen LogP contribution in [-0.2, 0) is 4.79 Å². The van der Waals surface area contributed by atoms with E-state index in [1.54, 1.807) is 0 Å². The molecule has 0 heterocycles. The van der Waals surface area contributed by atoms with Crippen LogP contribution in [0.5, 0.6) is 0 Å². The Labute approximate surface area is 111 Å². The van der Waals surface area contributed by atoms with Gasteiger partial charge in [0.2, 0.25) is 5.91 Å². The molecule has 1 saturated carbocycles. The molecule has 102 valence electrons. The number of nitrogens with one attached hydrogen (secondary N) is 1. The monoisotopic (exact) mass is 262 g/mol. The van der Waals surface area contributed by atoms with Crippen molar-refractivity contribution in [2.45, 2.75) is 58.4 Å². The van der Waals surface area contributed by atoms with Gasteiger partial charge < -0.3 is 11.1 Å². The molecule has 0 bridgehead atoms. The SMILES string of the molecule is CC(NC(=O)CCN)C(C)C1CCCCC1.Cl. The maximum atomic E-state index is 11.4. The van der Waals surface area contributed by atoms with Crippen LogP contribution >= 0.6 is 12.4 Å². The van der Waals surface area contributed by atoms with Gasteiger partial charge in [0, 0.05) is 19.0 Å². The van der Waals surface area contributed by atoms with Gasteiger partial charge in [-0.3, -0.25) is 4.79 Å². The lowest BCUT2D eigenvalue weighted by Crippen LogP contribution is -2.40. The Balaban J connectivity index is 0.00000256. The van der Waals surface area contributed by atoms with Crippen LogP contribution in [0.4, 0.5) is 0 Å². The second-order valence-corrected chi connectivity index (χ2v) is 5.15. The molecule has 1 fully saturated rings. The van der Waals surface area contributed by atoms with E-state index in [1.807, 2.05) is 0 Å². The van der Waals surface area contributed by atoms with Crippen LogP contribution in [0.15, 0.2) is 0 Å². The summed E-state index contributed by atoms with van der Waals surface area (Å²) in [6.45, 7) is 4.83. The van der Waals surface area contributed by atoms with Crippen LogP contribution in [0.2, 0.25) is 0 Å². The Morgan fingerprint density at radius 3 is 2.41 bits per heavy atom. The second kappa shape index (κ2) is 8.76. The molecular formula is C13H27ClN2O. The number of carbonyl (C=O) groups is 1. The molecule has 1 aliphatic rings. The highest BCUT2D eigenvalue weighted by Crippen LogP contribution is 2.31. The van der Waals surface area contributed by atoms with Crippen molar-refractivity contribution in [3.63, 3.8) is 0 Å². The first kappa shape index (κ1) is 16.7. The summed E-state index contributed by atoms with van der Waals surface area (Å²) < 4.78 is 0. The topological polar surface area (TPSA) is 55.1 Å². The molecule has 0 spiro atoms. The Morgan fingerprint density at radius 1 is 1.29 bits per heavy atom. The van der Waals surface area contributed by atoms with E-state index in [0.717, 1.165) is 5.92 Å². The molecule has 0 aliphatic heterocycles. The predicted octanol–water partition coefficient (Wildman–Crippen LogP) is 2.48. The molecule has 1 rings (SSSR count). The van der Waals surface area contributed by atoms with E-state index in [1.165, 1.54) is 32.1 Å². The van der Waals surface area contributed by atoms with Gasteiger partial charge in [-0.15, -0.1) is 12.4 Å². The van der Waals surface area contributed by atoms with Gasteiger partial charge in [-0.1, -0.05) is 39.0 Å². The minimum Gasteiger partial charge on any atom is -0.353 e. The zero-order valence-corrected chi connectivity index (χ0v) is 11.9. The van der Waals surface area contributed by atoms with Crippen molar-refractivity contribution in [2.24, 2.45) is 17.6 Å². The van der Waals surface area contributed by atoms with E-state index < -0.39 is 0 Å². The summed E-state index contributed by atoms with van der Waals surface area (Å²) in [5.74, 6) is 1.47. The highest BCUT2D eigenvalue weighted by atomic mass is 35.5. The van der Waals surface area contributed by atoms with E-state index in [4.69, 9.17) is 5.73 Å². The minimum absolute atomic E-state index is 0. The molecule has 17 heavy (non-hydrogen) atoms. The fraction of sp³-hybridized carbons (Fsp3) is 0.923. The van der Waals surface area contributed by atoms with Gasteiger partial charge in [-0.25, -0.2) is 0 Å². The van der Waals surface area contributed by atoms with Crippen LogP contribution in [0, 0.1) is 11.8 Å². The molecule has 1 aliphatic carbocycles. The lowest BCUT2D eigenvalue weighted by Gasteiger charge is -2.32. The van der Waals surface area contributed by atoms with E-state index in [-0.39, 0.29) is 24.4 Å². The van der Waals surface area contributed by atoms with Crippen molar-refractivity contribution in [1.29, 1.82) is 0 Å². The average molecular weight is 263 g/mol. The number of halogens is 1. The van der Waals surface area contributed by atoms with E-state index in [2.05, 4.69) is 19.2 Å². The highest BCUT2D eigenvalue weighted by Gasteiger charge is 2.25. The first-order valence-corrected chi connectivity index (χ1v) is 6.64. The maximum Gasteiger partial charge on any atom is 0.221 e. The van der Waals surface area contributed by atoms with Crippen molar-refractivity contribution in [2.75, 3.05) is 6.54 Å². The third-order valence-electron chi connectivity index (χ3n) is 3.94. The number of carbonyl (C=O) groups excluding carboxylic acids is 1. The minimum atomic E-state index is 0. The van der Waals surface area contributed by atoms with Crippen molar-refractivity contribution >= 4 is 18.3 Å². The number of amides is 1. The van der Waals surface area contributed by atoms with E-state index in [9.17, 15) is 4.79 Å². The van der Waals surface area contributed by atoms with Crippen LogP contribution in [0.25, 0.3) is 0 Å². The van der Waals surface area contributed by atoms with Gasteiger partial charge >= 0.3 is 0 Å². The second-order valence-electron chi connectivity index (χ2n) is 5.15. The first-order valence-electron chi connectivity index (χ1n) is 6.64. The van der Waals surface area contributed by atoms with Crippen LogP contribution in [-0.4, -0.2) is 18.5 Å². The van der Waals surface area contributed by atoms with Gasteiger partial charge in [0.15, 0.2) is 0 Å². The van der Waals surface area contributed by atoms with Crippen LogP contribution in [0.3, 0.4) is 0 Å². The molecule has 0 aromatic carbocycles. The van der Waals surface area contributed by atoms with Crippen molar-refractivity contribution in [3.8, 4) is 0 Å². The summed E-state index contributed by atoms with van der Waals surface area (Å²) >= 11 is 0. The highest BCUT2D eigenvalue weighted by molar-refractivity contribution is 5.85. The zero-order valence-electron chi connectivity index (χ0n) is 11.1. The van der Waals surface area contributed by atoms with Crippen LogP contribution < -0.4 is 11.1 Å². The van der Waals surface area contributed by atoms with Gasteiger partial charge in [0.1, 0.15) is 0 Å². The summed E-state index contributed by atoms with van der Waals surface area (Å²) in [6.07, 6.45) is 7.21. The molecule has 4 heteroatoms. The maximum absolute atomic E-state index is 11.4. The summed E-state index contributed by atoms with van der Waals surface area (Å²) in [4.78, 5) is 11.4. The lowest BCUT2D eigenvalue weighted by atomic mass is 9.78. The van der Waals surface area contributed by atoms with E-state index in [0.29, 0.717) is 18.9 Å². The summed E-state index contributed by atoms with van der Waals surface area (Å²) in [5.41, 5.74) is 5.36. The van der Waals surface area contributed by atoms with Crippen molar-refractivity contribution in [1.82, 2.24) is 5.32 Å². The molecule has 2 unspecified atom stereocenters. The van der Waals surface area contributed by atoms with Crippen molar-refractivity contribution < 1.29 is 4.79 Å². The third-order valence-corrected chi connectivity index (χ3v) is 3.94. The molecule has 3 N–H and O–H groups in total. The Hall–Kier alpha value is -0.280. The molecule has 1 amide bonds. The van der Waals surface area contributed by atoms with Gasteiger partial charge in [-0.05, 0) is 18.8 Å². The standard InChI is InChI=1S/C13H26N2O.ClH/c1-10(12-6-4-3-5-7-12)11(2)15-13(16)8-9-14;/h10-12H,3-9,14H2,1-2H3,(H,15,16);1H. The molecule has 0 aromatic rings. The first-order chi connectivity index (χ1) is 7.65. The fourth-order valence-corrected chi connectivity index (χ4v) is 2.66. The number of hydrogen-bond donors (Lipinski definition) is 2. The van der Waals surface area contributed by atoms with Crippen LogP contribution in [0.1, 0.15) is 52.4 Å². The molecule has 0 radical (unpaired) electrons. The number of rotatable bonds is 5. The Bertz CT molecular complexity index is 217. The Kier molecular flexibility index (Phi) is 8.61. The summed E-state index contributed by atoms with van der Waals surface area (Å²) in [5, 5.41) is 3.06. The summed E-state index contributed by atoms with van der Waals surface area (Å²) in [6, 6.07) is 0.280. The zero-order chi connectivity index (χ0) is 12.0. The predicted molar refractivity (Wildman–Crippen MR) is 74.3 cm³/mol. The lowest BCUT2D eigenvalue weighted by molar-refractivity contribution is -0.121. The molecular weight excluding hydrogens is 236 g/mol. The molecule has 0 saturated heterocycles. The molecule has 2 atom stereocenters. The van der Waals surface area contributed by atoms with E-state index >= 15 is 0 Å². The average Bonchev–Trinajstić information content (AvgIpc) is 2.29. The summed E-state index contributed by atoms with van der Waals surface area (Å²) in [7, 11) is 0. The normalized spacial score (nSPS) is 20.2.